The van der Waals surface area contributed by atoms with E-state index in [4.69, 9.17) is 0 Å². The summed E-state index contributed by atoms with van der Waals surface area (Å²) in [5.41, 5.74) is 0. The largest absolute Gasteiger partial charge is 0 e. The predicted octanol–water partition coefficient (Wildman–Crippen LogP) is -0.656. The van der Waals surface area contributed by atoms with Crippen LogP contribution in [0, 0.1) is 0 Å². The Kier molecular flexibility index (Phi) is 79.8. The third-order valence-electron chi connectivity index (χ3n) is 0. The topological polar surface area (TPSA) is 0 Å². The van der Waals surface area contributed by atoms with E-state index < -0.39 is 0 Å². The van der Waals surface area contributed by atoms with E-state index in [0.717, 1.165) is 0 Å². The molecule has 4 heteroatoms. The van der Waals surface area contributed by atoms with Gasteiger partial charge in [0.1, 0.15) is 0 Å². The average molecular weight is 181 g/mol. The van der Waals surface area contributed by atoms with Gasteiger partial charge < -0.3 is 0 Å². The van der Waals surface area contributed by atoms with Crippen molar-refractivity contribution in [1.82, 2.24) is 0 Å². The molecule has 0 bridgehead atoms. The van der Waals surface area contributed by atoms with Crippen molar-refractivity contribution in [2.24, 2.45) is 0 Å². The number of rotatable bonds is 0. The first-order valence-corrected chi connectivity index (χ1v) is 2.14. The first kappa shape index (κ1) is 16.5. The van der Waals surface area contributed by atoms with Crippen LogP contribution in [0.15, 0.2) is 0 Å². The molecule has 0 atom stereocenters. The zero-order chi connectivity index (χ0) is 2.00. The number of hydrogen-bond donors (Lipinski definition) is 0. The normalized spacial score (nSPS) is 1.75. The van der Waals surface area contributed by atoms with Gasteiger partial charge >= 0.3 is 47.0 Å². The van der Waals surface area contributed by atoms with Gasteiger partial charge in [-0.3, -0.25) is 0 Å². The minimum atomic E-state index is 0. The van der Waals surface area contributed by atoms with Gasteiger partial charge in [0.2, 0.25) is 0 Å². The van der Waals surface area contributed by atoms with Gasteiger partial charge in [-0.05, 0) is 0 Å². The zero-order valence-corrected chi connectivity index (χ0v) is 4.24. The summed E-state index contributed by atoms with van der Waals surface area (Å²) in [7, 11) is 0. The van der Waals surface area contributed by atoms with Crippen molar-refractivity contribution < 1.29 is 44.7 Å². The second-order valence-electron chi connectivity index (χ2n) is 0. The van der Waals surface area contributed by atoms with Gasteiger partial charge in [-0.1, -0.05) is 0 Å². The number of hydrogen-bond acceptors (Lipinski definition) is 0. The van der Waals surface area contributed by atoms with E-state index in [0.29, 0.717) is 0 Å². The maximum atomic E-state index is 3.38. The SMILES string of the molecule is [LiH].[Mn][Co].[Ni]. The van der Waals surface area contributed by atoms with Gasteiger partial charge in [0.15, 0.2) is 0 Å². The second-order valence-corrected chi connectivity index (χ2v) is 0. The molecule has 0 nitrogen and oxygen atoms in total. The standard InChI is InChI=1S/Co.Li.Mn.Ni.H. The van der Waals surface area contributed by atoms with E-state index >= 15 is 0 Å². The molecule has 0 spiro atoms. The Morgan fingerprint density at radius 1 is 1.25 bits per heavy atom. The van der Waals surface area contributed by atoms with Crippen LogP contribution in [0.1, 0.15) is 0 Å². The molecule has 0 radical (unpaired) electrons. The van der Waals surface area contributed by atoms with Gasteiger partial charge in [0.25, 0.3) is 0 Å². The third-order valence-corrected chi connectivity index (χ3v) is 0. The molecule has 0 saturated heterocycles. The summed E-state index contributed by atoms with van der Waals surface area (Å²) in [6.45, 7) is 0. The van der Waals surface area contributed by atoms with Crippen molar-refractivity contribution in [1.29, 1.82) is 0 Å². The summed E-state index contributed by atoms with van der Waals surface area (Å²) in [6, 6.07) is 0. The third kappa shape index (κ3) is 8.93. The van der Waals surface area contributed by atoms with Gasteiger partial charge in [-0.25, -0.2) is 0 Å². The zero-order valence-electron chi connectivity index (χ0n) is 1.03. The summed E-state index contributed by atoms with van der Waals surface area (Å²) >= 11 is 6.00. The molecular formula is HCoLiMnNi. The fourth-order valence-corrected chi connectivity index (χ4v) is 0. The predicted molar refractivity (Wildman–Crippen MR) is 7.15 cm³/mol. The fourth-order valence-electron chi connectivity index (χ4n) is 0. The summed E-state index contributed by atoms with van der Waals surface area (Å²) in [5, 5.41) is 0. The molecule has 0 aliphatic carbocycles. The summed E-state index contributed by atoms with van der Waals surface area (Å²) in [4.78, 5) is 0. The van der Waals surface area contributed by atoms with Crippen LogP contribution in [0.4, 0.5) is 0 Å². The molecule has 0 N–H and O–H groups in total. The molecule has 0 aliphatic heterocycles. The Hall–Kier alpha value is 2.12. The summed E-state index contributed by atoms with van der Waals surface area (Å²) in [5.74, 6) is 0. The Morgan fingerprint density at radius 3 is 1.25 bits per heavy atom. The molecule has 0 unspecified atom stereocenters. The smallest absolute Gasteiger partial charge is 0 e. The first-order valence-electron chi connectivity index (χ1n) is 0.126. The van der Waals surface area contributed by atoms with Crippen molar-refractivity contribution in [2.75, 3.05) is 0 Å². The molecule has 4 heavy (non-hydrogen) atoms. The van der Waals surface area contributed by atoms with E-state index in [2.05, 4.69) is 28.2 Å². The van der Waals surface area contributed by atoms with Crippen molar-refractivity contribution in [3.8, 4) is 0 Å². The minimum absolute atomic E-state index is 0. The Bertz CT molecular complexity index is 8.00. The van der Waals surface area contributed by atoms with Gasteiger partial charge in [-0.15, -0.1) is 0 Å². The van der Waals surface area contributed by atoms with Crippen molar-refractivity contribution >= 4 is 18.9 Å². The van der Waals surface area contributed by atoms with E-state index in [1.54, 1.807) is 0 Å². The summed E-state index contributed by atoms with van der Waals surface area (Å²) in [6.07, 6.45) is 0. The van der Waals surface area contributed by atoms with E-state index in [9.17, 15) is 0 Å². The van der Waals surface area contributed by atoms with Gasteiger partial charge in [0, 0.05) is 16.5 Å². The van der Waals surface area contributed by atoms with E-state index in [-0.39, 0.29) is 35.4 Å². The molecule has 0 rings (SSSR count). The van der Waals surface area contributed by atoms with Crippen LogP contribution in [-0.4, -0.2) is 18.9 Å². The van der Waals surface area contributed by atoms with Crippen LogP contribution in [-0.2, 0) is 44.7 Å². The quantitative estimate of drug-likeness (QED) is 0.435. The molecular weight excluding hydrogens is 180 g/mol. The van der Waals surface area contributed by atoms with Crippen molar-refractivity contribution in [2.45, 2.75) is 0 Å². The van der Waals surface area contributed by atoms with E-state index in [1.807, 2.05) is 0 Å². The van der Waals surface area contributed by atoms with Gasteiger partial charge in [-0.2, -0.15) is 0 Å². The molecule has 0 aromatic carbocycles. The Morgan fingerprint density at radius 2 is 1.25 bits per heavy atom. The van der Waals surface area contributed by atoms with Crippen LogP contribution in [0.2, 0.25) is 0 Å². The molecule has 28 valence electrons. The molecule has 0 amide bonds. The Balaban J connectivity index is -0.00000000500. The van der Waals surface area contributed by atoms with Crippen LogP contribution in [0.3, 0.4) is 0 Å². The second kappa shape index (κ2) is 19.4. The van der Waals surface area contributed by atoms with Crippen LogP contribution in [0.5, 0.6) is 0 Å². The maximum absolute atomic E-state index is 3.38. The van der Waals surface area contributed by atoms with Crippen LogP contribution < -0.4 is 0 Å². The maximum Gasteiger partial charge on any atom is 0 e. The molecule has 0 saturated carbocycles. The molecule has 0 aliphatic rings. The molecule has 0 aromatic heterocycles. The van der Waals surface area contributed by atoms with Crippen molar-refractivity contribution in [3.63, 3.8) is 0 Å². The summed E-state index contributed by atoms with van der Waals surface area (Å²) < 4.78 is 0. The van der Waals surface area contributed by atoms with E-state index in [1.165, 1.54) is 0 Å². The van der Waals surface area contributed by atoms with Crippen LogP contribution in [0.25, 0.3) is 0 Å². The fraction of sp³-hybridized carbons (Fsp3) is 0. The molecule has 0 heterocycles. The Labute approximate surface area is 63.0 Å². The van der Waals surface area contributed by atoms with Crippen molar-refractivity contribution in [3.05, 3.63) is 0 Å². The average Bonchev–Trinajstić information content (AvgIpc) is 1.00. The monoisotopic (exact) mass is 180 g/mol. The molecule has 0 fully saturated rings. The molecule has 0 aromatic rings. The first-order chi connectivity index (χ1) is 1.00. The van der Waals surface area contributed by atoms with Gasteiger partial charge in [0.05, 0.1) is 0 Å². The minimum Gasteiger partial charge on any atom is 0 e. The van der Waals surface area contributed by atoms with Crippen LogP contribution >= 0.6 is 0 Å².